The van der Waals surface area contributed by atoms with Gasteiger partial charge < -0.3 is 10.0 Å². The molecule has 1 aromatic rings. The Morgan fingerprint density at radius 3 is 2.43 bits per heavy atom. The van der Waals surface area contributed by atoms with Crippen LogP contribution in [0.5, 0.6) is 0 Å². The minimum Gasteiger partial charge on any atom is -0.381 e. The summed E-state index contributed by atoms with van der Waals surface area (Å²) in [6, 6.07) is 6.66. The number of piperazine rings is 1. The number of aliphatic hydroxyl groups is 1. The van der Waals surface area contributed by atoms with E-state index < -0.39 is 6.10 Å². The number of nitro benzene ring substituents is 1. The molecule has 1 saturated heterocycles. The Balaban J connectivity index is 1.86. The largest absolute Gasteiger partial charge is 0.381 e. The topological polar surface area (TPSA) is 69.8 Å². The number of hydrogen-bond acceptors (Lipinski definition) is 5. The van der Waals surface area contributed by atoms with Crippen molar-refractivity contribution in [3.63, 3.8) is 0 Å². The van der Waals surface area contributed by atoms with Crippen LogP contribution in [0.2, 0.25) is 0 Å². The quantitative estimate of drug-likeness (QED) is 0.512. The van der Waals surface area contributed by atoms with Crippen molar-refractivity contribution in [3.8, 4) is 11.8 Å². The van der Waals surface area contributed by atoms with E-state index in [4.69, 9.17) is 5.11 Å². The first-order valence-electron chi connectivity index (χ1n) is 6.94. The van der Waals surface area contributed by atoms with Crippen molar-refractivity contribution < 1.29 is 10.0 Å². The Morgan fingerprint density at radius 1 is 1.29 bits per heavy atom. The van der Waals surface area contributed by atoms with Crippen molar-refractivity contribution in [1.82, 2.24) is 4.90 Å². The average molecular weight is 289 g/mol. The summed E-state index contributed by atoms with van der Waals surface area (Å²) in [7, 11) is 0. The molecule has 2 rings (SSSR count). The summed E-state index contributed by atoms with van der Waals surface area (Å²) in [6.07, 6.45) is -0.577. The van der Waals surface area contributed by atoms with Crippen molar-refractivity contribution in [2.75, 3.05) is 37.6 Å². The summed E-state index contributed by atoms with van der Waals surface area (Å²) in [4.78, 5) is 14.7. The molecule has 0 spiro atoms. The molecule has 1 atom stereocenters. The SMILES string of the molecule is CC(O)C#CCN1CCN(c2ccc([N+](=O)[O-])cc2)CC1. The van der Waals surface area contributed by atoms with Gasteiger partial charge in [0.1, 0.15) is 6.10 Å². The number of nitrogens with zero attached hydrogens (tertiary/aromatic N) is 3. The molecule has 0 aliphatic carbocycles. The van der Waals surface area contributed by atoms with E-state index in [0.29, 0.717) is 6.54 Å². The highest BCUT2D eigenvalue weighted by Gasteiger charge is 2.17. The first kappa shape index (κ1) is 15.3. The third kappa shape index (κ3) is 4.45. The Labute approximate surface area is 124 Å². The van der Waals surface area contributed by atoms with Crippen LogP contribution in [-0.4, -0.2) is 53.8 Å². The Hall–Kier alpha value is -2.10. The Morgan fingerprint density at radius 2 is 1.90 bits per heavy atom. The lowest BCUT2D eigenvalue weighted by Crippen LogP contribution is -2.46. The zero-order valence-electron chi connectivity index (χ0n) is 12.0. The molecule has 1 heterocycles. The fraction of sp³-hybridized carbons (Fsp3) is 0.467. The molecule has 0 aromatic heterocycles. The molecule has 1 aromatic carbocycles. The van der Waals surface area contributed by atoms with Crippen molar-refractivity contribution in [1.29, 1.82) is 0 Å². The van der Waals surface area contributed by atoms with Gasteiger partial charge in [0, 0.05) is 44.0 Å². The molecular formula is C15H19N3O3. The second-order valence-electron chi connectivity index (χ2n) is 5.03. The van der Waals surface area contributed by atoms with E-state index in [0.717, 1.165) is 31.9 Å². The van der Waals surface area contributed by atoms with E-state index >= 15 is 0 Å². The molecule has 1 aliphatic heterocycles. The zero-order chi connectivity index (χ0) is 15.2. The number of aliphatic hydroxyl groups excluding tert-OH is 1. The summed E-state index contributed by atoms with van der Waals surface area (Å²) in [5.74, 6) is 5.70. The third-order valence-corrected chi connectivity index (χ3v) is 3.41. The maximum absolute atomic E-state index is 10.6. The molecule has 6 nitrogen and oxygen atoms in total. The van der Waals surface area contributed by atoms with E-state index in [9.17, 15) is 10.1 Å². The molecule has 0 saturated carbocycles. The van der Waals surface area contributed by atoms with E-state index in [1.165, 1.54) is 12.1 Å². The summed E-state index contributed by atoms with van der Waals surface area (Å²) in [6.45, 7) is 5.85. The first-order valence-corrected chi connectivity index (χ1v) is 6.94. The van der Waals surface area contributed by atoms with Crippen molar-refractivity contribution in [3.05, 3.63) is 34.4 Å². The van der Waals surface area contributed by atoms with Crippen LogP contribution in [-0.2, 0) is 0 Å². The molecule has 1 fully saturated rings. The van der Waals surface area contributed by atoms with Crippen molar-refractivity contribution in [2.24, 2.45) is 0 Å². The lowest BCUT2D eigenvalue weighted by molar-refractivity contribution is -0.384. The zero-order valence-corrected chi connectivity index (χ0v) is 12.0. The van der Waals surface area contributed by atoms with Gasteiger partial charge in [-0.3, -0.25) is 15.0 Å². The van der Waals surface area contributed by atoms with E-state index in [2.05, 4.69) is 21.6 Å². The second kappa shape index (κ2) is 7.07. The highest BCUT2D eigenvalue weighted by molar-refractivity contribution is 5.51. The monoisotopic (exact) mass is 289 g/mol. The lowest BCUT2D eigenvalue weighted by Gasteiger charge is -2.35. The van der Waals surface area contributed by atoms with Gasteiger partial charge in [-0.25, -0.2) is 0 Å². The van der Waals surface area contributed by atoms with Gasteiger partial charge in [0.25, 0.3) is 5.69 Å². The normalized spacial score (nSPS) is 17.0. The Bertz CT molecular complexity index is 538. The van der Waals surface area contributed by atoms with E-state index in [1.54, 1.807) is 19.1 Å². The van der Waals surface area contributed by atoms with Gasteiger partial charge in [0.05, 0.1) is 11.5 Å². The summed E-state index contributed by atoms with van der Waals surface area (Å²) in [5.41, 5.74) is 1.13. The summed E-state index contributed by atoms with van der Waals surface area (Å²) in [5, 5.41) is 19.7. The van der Waals surface area contributed by atoms with Gasteiger partial charge in [-0.1, -0.05) is 11.8 Å². The van der Waals surface area contributed by atoms with Crippen LogP contribution in [0.3, 0.4) is 0 Å². The van der Waals surface area contributed by atoms with Gasteiger partial charge in [-0.2, -0.15) is 0 Å². The standard InChI is InChI=1S/C15H19N3O3/c1-13(19)3-2-8-16-9-11-17(12-10-16)14-4-6-15(7-5-14)18(20)21/h4-7,13,19H,8-12H2,1H3. The molecule has 6 heteroatoms. The van der Waals surface area contributed by atoms with Crippen LogP contribution in [0.15, 0.2) is 24.3 Å². The predicted octanol–water partition coefficient (Wildman–Crippen LogP) is 1.10. The molecule has 112 valence electrons. The first-order chi connectivity index (χ1) is 10.1. The molecule has 1 aliphatic rings. The number of anilines is 1. The van der Waals surface area contributed by atoms with Crippen LogP contribution in [0.4, 0.5) is 11.4 Å². The smallest absolute Gasteiger partial charge is 0.269 e. The van der Waals surface area contributed by atoms with Crippen molar-refractivity contribution >= 4 is 11.4 Å². The van der Waals surface area contributed by atoms with E-state index in [-0.39, 0.29) is 10.6 Å². The third-order valence-electron chi connectivity index (χ3n) is 3.41. The van der Waals surface area contributed by atoms with Crippen LogP contribution in [0.1, 0.15) is 6.92 Å². The molecule has 0 radical (unpaired) electrons. The fourth-order valence-electron chi connectivity index (χ4n) is 2.25. The molecular weight excluding hydrogens is 270 g/mol. The highest BCUT2D eigenvalue weighted by Crippen LogP contribution is 2.20. The van der Waals surface area contributed by atoms with Gasteiger partial charge in [0.2, 0.25) is 0 Å². The minimum atomic E-state index is -0.577. The van der Waals surface area contributed by atoms with Crippen LogP contribution >= 0.6 is 0 Å². The maximum atomic E-state index is 10.6. The molecule has 1 unspecified atom stereocenters. The lowest BCUT2D eigenvalue weighted by atomic mass is 10.2. The van der Waals surface area contributed by atoms with Gasteiger partial charge in [0.15, 0.2) is 0 Å². The molecule has 0 amide bonds. The molecule has 0 bridgehead atoms. The fourth-order valence-corrected chi connectivity index (χ4v) is 2.25. The van der Waals surface area contributed by atoms with Gasteiger partial charge >= 0.3 is 0 Å². The number of non-ortho nitro benzene ring substituents is 1. The predicted molar refractivity (Wildman–Crippen MR) is 81.2 cm³/mol. The maximum Gasteiger partial charge on any atom is 0.269 e. The van der Waals surface area contributed by atoms with Crippen LogP contribution < -0.4 is 4.90 Å². The number of nitro groups is 1. The molecule has 21 heavy (non-hydrogen) atoms. The van der Waals surface area contributed by atoms with Crippen LogP contribution in [0, 0.1) is 22.0 Å². The van der Waals surface area contributed by atoms with Crippen LogP contribution in [0.25, 0.3) is 0 Å². The van der Waals surface area contributed by atoms with E-state index in [1.807, 2.05) is 0 Å². The van der Waals surface area contributed by atoms with Gasteiger partial charge in [-0.15, -0.1) is 0 Å². The van der Waals surface area contributed by atoms with Gasteiger partial charge in [-0.05, 0) is 19.1 Å². The number of rotatable bonds is 3. The number of hydrogen-bond donors (Lipinski definition) is 1. The highest BCUT2D eigenvalue weighted by atomic mass is 16.6. The average Bonchev–Trinajstić information content (AvgIpc) is 2.48. The van der Waals surface area contributed by atoms with Crippen molar-refractivity contribution in [2.45, 2.75) is 13.0 Å². The summed E-state index contributed by atoms with van der Waals surface area (Å²) >= 11 is 0. The minimum absolute atomic E-state index is 0.116. The molecule has 1 N–H and O–H groups in total. The summed E-state index contributed by atoms with van der Waals surface area (Å²) < 4.78 is 0. The Kier molecular flexibility index (Phi) is 5.14. The second-order valence-corrected chi connectivity index (χ2v) is 5.03. The number of benzene rings is 1.